The van der Waals surface area contributed by atoms with E-state index in [1.54, 1.807) is 0 Å². The van der Waals surface area contributed by atoms with E-state index in [2.05, 4.69) is 5.32 Å². The van der Waals surface area contributed by atoms with Gasteiger partial charge in [0.2, 0.25) is 0 Å². The Bertz CT molecular complexity index is 567. The summed E-state index contributed by atoms with van der Waals surface area (Å²) in [7, 11) is 0. The van der Waals surface area contributed by atoms with Gasteiger partial charge >= 0.3 is 0 Å². The van der Waals surface area contributed by atoms with Crippen LogP contribution in [0.1, 0.15) is 23.0 Å². The van der Waals surface area contributed by atoms with Crippen LogP contribution in [-0.2, 0) is 0 Å². The average Bonchev–Trinajstić information content (AvgIpc) is 2.68. The molecule has 1 heterocycles. The molecular formula is C13H14ClNO2S. The summed E-state index contributed by atoms with van der Waals surface area (Å²) in [6, 6.07) is 7.60. The van der Waals surface area contributed by atoms with Crippen LogP contribution in [0.2, 0.25) is 5.02 Å². The maximum Gasteiger partial charge on any atom is 0.263 e. The number of carbonyl (C=O) groups is 1. The van der Waals surface area contributed by atoms with Crippen molar-refractivity contribution in [3.63, 3.8) is 0 Å². The van der Waals surface area contributed by atoms with Crippen molar-refractivity contribution in [1.82, 2.24) is 5.32 Å². The molecule has 0 saturated carbocycles. The first kappa shape index (κ1) is 13.3. The molecule has 96 valence electrons. The van der Waals surface area contributed by atoms with Crippen LogP contribution in [0.5, 0.6) is 0 Å². The number of thiophene rings is 1. The maximum atomic E-state index is 12.1. The predicted molar refractivity (Wildman–Crippen MR) is 75.5 cm³/mol. The van der Waals surface area contributed by atoms with E-state index in [1.165, 1.54) is 11.3 Å². The Morgan fingerprint density at radius 3 is 2.89 bits per heavy atom. The van der Waals surface area contributed by atoms with Gasteiger partial charge in [-0.1, -0.05) is 29.8 Å². The van der Waals surface area contributed by atoms with Gasteiger partial charge in [0.1, 0.15) is 4.88 Å². The lowest BCUT2D eigenvalue weighted by atomic mass is 10.2. The molecule has 0 bridgehead atoms. The maximum absolute atomic E-state index is 12.1. The van der Waals surface area contributed by atoms with Gasteiger partial charge in [-0.25, -0.2) is 0 Å². The second-order valence-electron chi connectivity index (χ2n) is 4.13. The normalized spacial score (nSPS) is 12.6. The lowest BCUT2D eigenvalue weighted by Gasteiger charge is -2.11. The van der Waals surface area contributed by atoms with Crippen LogP contribution >= 0.6 is 22.9 Å². The average molecular weight is 284 g/mol. The van der Waals surface area contributed by atoms with Gasteiger partial charge in [-0.3, -0.25) is 4.79 Å². The molecule has 1 atom stereocenters. The molecule has 0 radical (unpaired) electrons. The molecule has 0 spiro atoms. The van der Waals surface area contributed by atoms with Crippen LogP contribution in [-0.4, -0.2) is 23.7 Å². The summed E-state index contributed by atoms with van der Waals surface area (Å²) < 4.78 is 1.00. The van der Waals surface area contributed by atoms with Crippen molar-refractivity contribution in [3.8, 4) is 0 Å². The van der Waals surface area contributed by atoms with Crippen molar-refractivity contribution < 1.29 is 9.90 Å². The summed E-state index contributed by atoms with van der Waals surface area (Å²) in [5.74, 6) is -0.179. The van der Waals surface area contributed by atoms with E-state index in [0.717, 1.165) is 10.1 Å². The molecule has 1 amide bonds. The first-order chi connectivity index (χ1) is 8.63. The molecule has 0 aliphatic carbocycles. The van der Waals surface area contributed by atoms with E-state index in [4.69, 9.17) is 16.7 Å². The number of halogens is 1. The summed E-state index contributed by atoms with van der Waals surface area (Å²) in [5.41, 5.74) is 0. The summed E-state index contributed by atoms with van der Waals surface area (Å²) in [6.45, 7) is 1.91. The van der Waals surface area contributed by atoms with Crippen molar-refractivity contribution >= 4 is 38.9 Å². The topological polar surface area (TPSA) is 49.3 Å². The van der Waals surface area contributed by atoms with Gasteiger partial charge in [0.25, 0.3) is 5.91 Å². The number of benzene rings is 1. The minimum atomic E-state index is -0.179. The highest BCUT2D eigenvalue weighted by molar-refractivity contribution is 7.21. The van der Waals surface area contributed by atoms with E-state index >= 15 is 0 Å². The fourth-order valence-corrected chi connectivity index (χ4v) is 3.14. The minimum absolute atomic E-state index is 0.0571. The molecule has 0 fully saturated rings. The van der Waals surface area contributed by atoms with Gasteiger partial charge in [0, 0.05) is 22.7 Å². The van der Waals surface area contributed by atoms with Crippen molar-refractivity contribution in [1.29, 1.82) is 0 Å². The van der Waals surface area contributed by atoms with Gasteiger partial charge in [0.05, 0.1) is 5.02 Å². The Labute approximate surface area is 114 Å². The van der Waals surface area contributed by atoms with Gasteiger partial charge in [-0.15, -0.1) is 11.3 Å². The van der Waals surface area contributed by atoms with Crippen LogP contribution in [0.25, 0.3) is 10.1 Å². The Hall–Kier alpha value is -1.10. The molecule has 1 unspecified atom stereocenters. The largest absolute Gasteiger partial charge is 0.396 e. The Balaban J connectivity index is 2.25. The summed E-state index contributed by atoms with van der Waals surface area (Å²) in [6.07, 6.45) is 0.536. The SMILES string of the molecule is CC(CCO)NC(=O)c1sc2ccccc2c1Cl. The molecule has 2 aromatic rings. The highest BCUT2D eigenvalue weighted by atomic mass is 35.5. The number of hydrogen-bond donors (Lipinski definition) is 2. The highest BCUT2D eigenvalue weighted by Gasteiger charge is 2.17. The number of carbonyl (C=O) groups excluding carboxylic acids is 1. The molecule has 1 aromatic carbocycles. The quantitative estimate of drug-likeness (QED) is 0.906. The number of aliphatic hydroxyl groups excluding tert-OH is 1. The van der Waals surface area contributed by atoms with Crippen molar-refractivity contribution in [2.75, 3.05) is 6.61 Å². The molecular weight excluding hydrogens is 270 g/mol. The first-order valence-corrected chi connectivity index (χ1v) is 6.91. The Morgan fingerprint density at radius 2 is 2.22 bits per heavy atom. The van der Waals surface area contributed by atoms with E-state index in [1.807, 2.05) is 31.2 Å². The van der Waals surface area contributed by atoms with Crippen LogP contribution < -0.4 is 5.32 Å². The second kappa shape index (κ2) is 5.69. The Kier molecular flexibility index (Phi) is 4.22. The standard InChI is InChI=1S/C13H14ClNO2S/c1-8(6-7-16)15-13(17)12-11(14)9-4-2-3-5-10(9)18-12/h2-5,8,16H,6-7H2,1H3,(H,15,17). The minimum Gasteiger partial charge on any atom is -0.396 e. The summed E-state index contributed by atoms with van der Waals surface area (Å²) >= 11 is 7.60. The molecule has 0 saturated heterocycles. The van der Waals surface area contributed by atoms with Gasteiger partial charge in [0.15, 0.2) is 0 Å². The third-order valence-corrected chi connectivity index (χ3v) is 4.35. The third-order valence-electron chi connectivity index (χ3n) is 2.68. The zero-order valence-electron chi connectivity index (χ0n) is 9.94. The number of fused-ring (bicyclic) bond motifs is 1. The smallest absolute Gasteiger partial charge is 0.263 e. The number of aliphatic hydroxyl groups is 1. The van der Waals surface area contributed by atoms with Gasteiger partial charge < -0.3 is 10.4 Å². The van der Waals surface area contributed by atoms with E-state index in [-0.39, 0.29) is 18.6 Å². The number of hydrogen-bond acceptors (Lipinski definition) is 3. The first-order valence-electron chi connectivity index (χ1n) is 5.72. The van der Waals surface area contributed by atoms with E-state index in [0.29, 0.717) is 16.3 Å². The van der Waals surface area contributed by atoms with Crippen LogP contribution in [0.3, 0.4) is 0 Å². The van der Waals surface area contributed by atoms with Gasteiger partial charge in [-0.2, -0.15) is 0 Å². The number of nitrogens with one attached hydrogen (secondary N) is 1. The predicted octanol–water partition coefficient (Wildman–Crippen LogP) is 3.06. The van der Waals surface area contributed by atoms with E-state index in [9.17, 15) is 4.79 Å². The highest BCUT2D eigenvalue weighted by Crippen LogP contribution is 2.34. The van der Waals surface area contributed by atoms with Crippen LogP contribution in [0.15, 0.2) is 24.3 Å². The van der Waals surface area contributed by atoms with Gasteiger partial charge in [-0.05, 0) is 19.4 Å². The van der Waals surface area contributed by atoms with E-state index < -0.39 is 0 Å². The molecule has 2 N–H and O–H groups in total. The number of rotatable bonds is 4. The van der Waals surface area contributed by atoms with Crippen LogP contribution in [0.4, 0.5) is 0 Å². The monoisotopic (exact) mass is 283 g/mol. The number of amides is 1. The molecule has 1 aromatic heterocycles. The Morgan fingerprint density at radius 1 is 1.50 bits per heavy atom. The zero-order valence-corrected chi connectivity index (χ0v) is 11.5. The fourth-order valence-electron chi connectivity index (χ4n) is 1.72. The lowest BCUT2D eigenvalue weighted by molar-refractivity contribution is 0.0938. The lowest BCUT2D eigenvalue weighted by Crippen LogP contribution is -2.32. The van der Waals surface area contributed by atoms with Crippen LogP contribution in [0, 0.1) is 0 Å². The molecule has 3 nitrogen and oxygen atoms in total. The molecule has 18 heavy (non-hydrogen) atoms. The second-order valence-corrected chi connectivity index (χ2v) is 5.56. The summed E-state index contributed by atoms with van der Waals surface area (Å²) in [5, 5.41) is 13.1. The molecule has 0 aliphatic heterocycles. The zero-order chi connectivity index (χ0) is 13.1. The third kappa shape index (κ3) is 2.66. The fraction of sp³-hybridized carbons (Fsp3) is 0.308. The van der Waals surface area contributed by atoms with Crippen molar-refractivity contribution in [2.45, 2.75) is 19.4 Å². The van der Waals surface area contributed by atoms with Crippen molar-refractivity contribution in [2.24, 2.45) is 0 Å². The molecule has 5 heteroatoms. The molecule has 0 aliphatic rings. The van der Waals surface area contributed by atoms with Crippen molar-refractivity contribution in [3.05, 3.63) is 34.2 Å². The molecule has 2 rings (SSSR count). The summed E-state index contributed by atoms with van der Waals surface area (Å²) in [4.78, 5) is 12.6.